The largest absolute Gasteiger partial charge is 0.326 e. The number of carbonyl (C=O) groups is 2. The number of amides is 3. The topological polar surface area (TPSA) is 63.1 Å². The molecule has 3 aromatic rings. The Balaban J connectivity index is 1.75. The predicted octanol–water partition coefficient (Wildman–Crippen LogP) is 4.37. The first-order chi connectivity index (χ1) is 12.5. The molecule has 132 valence electrons. The average Bonchev–Trinajstić information content (AvgIpc) is 3.10. The van der Waals surface area contributed by atoms with Gasteiger partial charge in [-0.1, -0.05) is 17.7 Å². The number of carbonyl (C=O) groups excluding carboxylic acids is 2. The second-order valence-corrected chi connectivity index (χ2v) is 5.67. The van der Waals surface area contributed by atoms with Crippen LogP contribution in [0.4, 0.5) is 19.3 Å². The SMILES string of the molecule is O=C(NC(=O)c1c(F)cccc1F)Nc1ccc(Cl)c(-n2cccc2)c1. The summed E-state index contributed by atoms with van der Waals surface area (Å²) in [6.45, 7) is 0. The van der Waals surface area contributed by atoms with Crippen LogP contribution in [0.15, 0.2) is 60.9 Å². The van der Waals surface area contributed by atoms with Crippen LogP contribution in [0.1, 0.15) is 10.4 Å². The van der Waals surface area contributed by atoms with Crippen molar-refractivity contribution in [1.29, 1.82) is 0 Å². The third-order valence-corrected chi connectivity index (χ3v) is 3.82. The second kappa shape index (κ2) is 7.37. The molecule has 0 aliphatic rings. The third-order valence-electron chi connectivity index (χ3n) is 3.50. The summed E-state index contributed by atoms with van der Waals surface area (Å²) < 4.78 is 28.9. The molecule has 0 unspecified atom stereocenters. The normalized spacial score (nSPS) is 10.4. The highest BCUT2D eigenvalue weighted by molar-refractivity contribution is 6.32. The summed E-state index contributed by atoms with van der Waals surface area (Å²) >= 11 is 6.14. The van der Waals surface area contributed by atoms with Crippen LogP contribution in [0, 0.1) is 11.6 Å². The van der Waals surface area contributed by atoms with E-state index in [0.717, 1.165) is 18.2 Å². The van der Waals surface area contributed by atoms with Crippen LogP contribution in [0.25, 0.3) is 5.69 Å². The van der Waals surface area contributed by atoms with E-state index in [1.165, 1.54) is 6.07 Å². The molecule has 2 N–H and O–H groups in total. The molecule has 0 atom stereocenters. The summed E-state index contributed by atoms with van der Waals surface area (Å²) in [6.07, 6.45) is 3.55. The summed E-state index contributed by atoms with van der Waals surface area (Å²) in [5, 5.41) is 4.77. The standard InChI is InChI=1S/C18H12ClF2N3O2/c19-12-7-6-11(10-15(12)24-8-1-2-9-24)22-18(26)23-17(25)16-13(20)4-3-5-14(16)21/h1-10H,(H2,22,23,25,26). The summed E-state index contributed by atoms with van der Waals surface area (Å²) in [4.78, 5) is 23.9. The van der Waals surface area contributed by atoms with E-state index in [0.29, 0.717) is 16.4 Å². The molecule has 2 aromatic carbocycles. The number of halogens is 3. The van der Waals surface area contributed by atoms with Gasteiger partial charge in [0.15, 0.2) is 0 Å². The van der Waals surface area contributed by atoms with Gasteiger partial charge in [0, 0.05) is 18.1 Å². The van der Waals surface area contributed by atoms with Gasteiger partial charge in [-0.3, -0.25) is 10.1 Å². The van der Waals surface area contributed by atoms with Gasteiger partial charge in [0.2, 0.25) is 0 Å². The molecule has 0 aliphatic heterocycles. The molecule has 0 radical (unpaired) electrons. The maximum atomic E-state index is 13.6. The molecule has 5 nitrogen and oxygen atoms in total. The van der Waals surface area contributed by atoms with Crippen LogP contribution >= 0.6 is 11.6 Å². The Labute approximate surface area is 152 Å². The number of benzene rings is 2. The number of nitrogens with zero attached hydrogens (tertiary/aromatic N) is 1. The number of rotatable bonds is 3. The van der Waals surface area contributed by atoms with Crippen molar-refractivity contribution in [2.24, 2.45) is 0 Å². The minimum absolute atomic E-state index is 0.345. The van der Waals surface area contributed by atoms with Crippen molar-refractivity contribution < 1.29 is 18.4 Å². The molecule has 0 bridgehead atoms. The molecule has 1 aromatic heterocycles. The average molecular weight is 376 g/mol. The monoisotopic (exact) mass is 375 g/mol. The maximum absolute atomic E-state index is 13.6. The van der Waals surface area contributed by atoms with E-state index in [2.05, 4.69) is 5.32 Å². The maximum Gasteiger partial charge on any atom is 0.326 e. The van der Waals surface area contributed by atoms with Gasteiger partial charge in [-0.05, 0) is 42.5 Å². The fourth-order valence-electron chi connectivity index (χ4n) is 2.33. The minimum Gasteiger partial charge on any atom is -0.322 e. The molecule has 3 amide bonds. The van der Waals surface area contributed by atoms with E-state index in [1.54, 1.807) is 29.1 Å². The van der Waals surface area contributed by atoms with Gasteiger partial charge in [0.25, 0.3) is 5.91 Å². The van der Waals surface area contributed by atoms with Gasteiger partial charge in [-0.2, -0.15) is 0 Å². The summed E-state index contributed by atoms with van der Waals surface area (Å²) in [5.74, 6) is -3.30. The molecule has 0 saturated carbocycles. The highest BCUT2D eigenvalue weighted by Crippen LogP contribution is 2.24. The van der Waals surface area contributed by atoms with Crippen LogP contribution in [-0.2, 0) is 0 Å². The van der Waals surface area contributed by atoms with E-state index in [9.17, 15) is 18.4 Å². The number of urea groups is 1. The summed E-state index contributed by atoms with van der Waals surface area (Å²) in [5.41, 5.74) is 0.130. The molecule has 1 heterocycles. The Morgan fingerprint density at radius 1 is 0.962 bits per heavy atom. The molecule has 26 heavy (non-hydrogen) atoms. The first-order valence-electron chi connectivity index (χ1n) is 7.45. The zero-order chi connectivity index (χ0) is 18.7. The summed E-state index contributed by atoms with van der Waals surface area (Å²) in [7, 11) is 0. The number of hydrogen-bond donors (Lipinski definition) is 2. The molecule has 0 saturated heterocycles. The lowest BCUT2D eigenvalue weighted by atomic mass is 10.2. The smallest absolute Gasteiger partial charge is 0.322 e. The number of nitrogens with one attached hydrogen (secondary N) is 2. The van der Waals surface area contributed by atoms with Crippen LogP contribution in [-0.4, -0.2) is 16.5 Å². The summed E-state index contributed by atoms with van der Waals surface area (Å²) in [6, 6.07) is 10.4. The van der Waals surface area contributed by atoms with Gasteiger partial charge in [0.1, 0.15) is 17.2 Å². The van der Waals surface area contributed by atoms with Crippen LogP contribution in [0.2, 0.25) is 5.02 Å². The molecule has 0 spiro atoms. The van der Waals surface area contributed by atoms with Crippen molar-refractivity contribution >= 4 is 29.2 Å². The zero-order valence-corrected chi connectivity index (χ0v) is 13.9. The van der Waals surface area contributed by atoms with Gasteiger partial charge >= 0.3 is 6.03 Å². The number of anilines is 1. The highest BCUT2D eigenvalue weighted by Gasteiger charge is 2.19. The van der Waals surface area contributed by atoms with Crippen molar-refractivity contribution in [2.45, 2.75) is 0 Å². The lowest BCUT2D eigenvalue weighted by molar-refractivity contribution is 0.0959. The van der Waals surface area contributed by atoms with Crippen LogP contribution in [0.3, 0.4) is 0 Å². The van der Waals surface area contributed by atoms with Crippen molar-refractivity contribution in [3.63, 3.8) is 0 Å². The molecular weight excluding hydrogens is 364 g/mol. The van der Waals surface area contributed by atoms with Crippen molar-refractivity contribution in [3.05, 3.63) is 83.1 Å². The van der Waals surface area contributed by atoms with Gasteiger partial charge < -0.3 is 9.88 Å². The Kier molecular flexibility index (Phi) is 4.99. The quantitative estimate of drug-likeness (QED) is 0.714. The van der Waals surface area contributed by atoms with Crippen LogP contribution in [0.5, 0.6) is 0 Å². The Morgan fingerprint density at radius 2 is 1.62 bits per heavy atom. The number of hydrogen-bond acceptors (Lipinski definition) is 2. The lowest BCUT2D eigenvalue weighted by Gasteiger charge is -2.11. The molecule has 8 heteroatoms. The minimum atomic E-state index is -1.18. The molecule has 0 fully saturated rings. The van der Waals surface area contributed by atoms with Gasteiger partial charge in [-0.25, -0.2) is 13.6 Å². The lowest BCUT2D eigenvalue weighted by Crippen LogP contribution is -2.35. The first-order valence-corrected chi connectivity index (χ1v) is 7.83. The Morgan fingerprint density at radius 3 is 2.27 bits per heavy atom. The van der Waals surface area contributed by atoms with Gasteiger partial charge in [0.05, 0.1) is 10.7 Å². The van der Waals surface area contributed by atoms with Crippen molar-refractivity contribution in [2.75, 3.05) is 5.32 Å². The van der Waals surface area contributed by atoms with E-state index in [4.69, 9.17) is 11.6 Å². The van der Waals surface area contributed by atoms with Gasteiger partial charge in [-0.15, -0.1) is 0 Å². The number of imide groups is 1. The third kappa shape index (κ3) is 3.73. The molecule has 3 rings (SSSR count). The van der Waals surface area contributed by atoms with Crippen molar-refractivity contribution in [3.8, 4) is 5.69 Å². The predicted molar refractivity (Wildman–Crippen MR) is 93.6 cm³/mol. The highest BCUT2D eigenvalue weighted by atomic mass is 35.5. The molecule has 0 aliphatic carbocycles. The van der Waals surface area contributed by atoms with E-state index in [-0.39, 0.29) is 0 Å². The second-order valence-electron chi connectivity index (χ2n) is 5.26. The van der Waals surface area contributed by atoms with Crippen LogP contribution < -0.4 is 10.6 Å². The van der Waals surface area contributed by atoms with E-state index < -0.39 is 29.1 Å². The zero-order valence-electron chi connectivity index (χ0n) is 13.2. The Hall–Kier alpha value is -3.19. The molecular formula is C18H12ClF2N3O2. The van der Waals surface area contributed by atoms with Crippen molar-refractivity contribution in [1.82, 2.24) is 9.88 Å². The Bertz CT molecular complexity index is 954. The number of aromatic nitrogens is 1. The fraction of sp³-hybridized carbons (Fsp3) is 0. The fourth-order valence-corrected chi connectivity index (χ4v) is 2.54. The van der Waals surface area contributed by atoms with E-state index >= 15 is 0 Å². The van der Waals surface area contributed by atoms with E-state index in [1.807, 2.05) is 17.4 Å². The first kappa shape index (κ1) is 17.6.